The third-order valence-electron chi connectivity index (χ3n) is 1.29. The van der Waals surface area contributed by atoms with Crippen LogP contribution in [0, 0.1) is 0 Å². The molecule has 0 aliphatic heterocycles. The molecule has 1 aliphatic carbocycles. The van der Waals surface area contributed by atoms with E-state index >= 15 is 0 Å². The Labute approximate surface area is 56.0 Å². The van der Waals surface area contributed by atoms with Crippen LogP contribution in [-0.2, 0) is 9.84 Å². The molecule has 0 radical (unpaired) electrons. The molecule has 1 fully saturated rings. The topological polar surface area (TPSA) is 34.1 Å². The zero-order valence-electron chi connectivity index (χ0n) is 4.85. The van der Waals surface area contributed by atoms with Gasteiger partial charge in [-0.05, 0) is 12.8 Å². The van der Waals surface area contributed by atoms with Crippen LogP contribution in [0.5, 0.6) is 0 Å². The second-order valence-electron chi connectivity index (χ2n) is 2.19. The Kier molecular flexibility index (Phi) is 1.47. The van der Waals surface area contributed by atoms with Gasteiger partial charge in [0.15, 0.2) is 0 Å². The molecule has 0 aromatic carbocycles. The second-order valence-corrected chi connectivity index (χ2v) is 4.41. The Bertz CT molecular complexity index is 223. The van der Waals surface area contributed by atoms with Crippen molar-refractivity contribution >= 4 is 9.84 Å². The lowest BCUT2D eigenvalue weighted by molar-refractivity contribution is -0.0437. The van der Waals surface area contributed by atoms with Crippen molar-refractivity contribution in [3.05, 3.63) is 0 Å². The Hall–Kier alpha value is -0.260. The minimum Gasteiger partial charge on any atom is -0.219 e. The summed E-state index contributed by atoms with van der Waals surface area (Å²) in [5.74, 6) is 0. The molecular formula is C4H5F3O2S. The molecule has 1 aliphatic rings. The van der Waals surface area contributed by atoms with Crippen LogP contribution in [0.1, 0.15) is 12.8 Å². The predicted octanol–water partition coefficient (Wildman–Crippen LogP) is 1.08. The maximum Gasteiger partial charge on any atom is 0.497 e. The fourth-order valence-electron chi connectivity index (χ4n) is 0.567. The quantitative estimate of drug-likeness (QED) is 0.596. The predicted molar refractivity (Wildman–Crippen MR) is 28.0 cm³/mol. The van der Waals surface area contributed by atoms with Gasteiger partial charge in [-0.3, -0.25) is 0 Å². The van der Waals surface area contributed by atoms with Crippen molar-refractivity contribution < 1.29 is 21.6 Å². The fourth-order valence-corrected chi connectivity index (χ4v) is 1.70. The van der Waals surface area contributed by atoms with Gasteiger partial charge in [0.1, 0.15) is 0 Å². The molecule has 1 rings (SSSR count). The largest absolute Gasteiger partial charge is 0.497 e. The Morgan fingerprint density at radius 3 is 1.70 bits per heavy atom. The first-order chi connectivity index (χ1) is 4.36. The normalized spacial score (nSPS) is 21.1. The minimum atomic E-state index is -5.05. The molecule has 0 spiro atoms. The second kappa shape index (κ2) is 1.87. The average Bonchev–Trinajstić information content (AvgIpc) is 2.38. The van der Waals surface area contributed by atoms with Crippen molar-refractivity contribution in [2.24, 2.45) is 0 Å². The van der Waals surface area contributed by atoms with Crippen molar-refractivity contribution in [1.82, 2.24) is 0 Å². The van der Waals surface area contributed by atoms with Crippen LogP contribution in [0.15, 0.2) is 0 Å². The van der Waals surface area contributed by atoms with Crippen molar-refractivity contribution in [2.45, 2.75) is 23.6 Å². The summed E-state index contributed by atoms with van der Waals surface area (Å²) in [7, 11) is -4.80. The van der Waals surface area contributed by atoms with E-state index in [0.29, 0.717) is 0 Å². The van der Waals surface area contributed by atoms with E-state index < -0.39 is 20.6 Å². The van der Waals surface area contributed by atoms with Gasteiger partial charge in [-0.25, -0.2) is 8.42 Å². The molecule has 0 heterocycles. The van der Waals surface area contributed by atoms with E-state index in [9.17, 15) is 21.6 Å². The zero-order chi connectivity index (χ0) is 7.99. The van der Waals surface area contributed by atoms with Crippen LogP contribution in [0.3, 0.4) is 0 Å². The highest BCUT2D eigenvalue weighted by atomic mass is 32.2. The Balaban J connectivity index is 2.88. The third-order valence-corrected chi connectivity index (χ3v) is 3.28. The molecule has 6 heteroatoms. The van der Waals surface area contributed by atoms with E-state index in [-0.39, 0.29) is 12.8 Å². The average molecular weight is 174 g/mol. The number of hydrogen-bond acceptors (Lipinski definition) is 2. The van der Waals surface area contributed by atoms with Gasteiger partial charge >= 0.3 is 5.51 Å². The molecule has 0 amide bonds. The minimum absolute atomic E-state index is 0.155. The van der Waals surface area contributed by atoms with Crippen LogP contribution < -0.4 is 0 Å². The standard InChI is InChI=1S/C4H5F3O2S/c5-4(6,7)10(8,9)3-1-2-3/h3H,1-2H2. The maximum absolute atomic E-state index is 11.5. The highest BCUT2D eigenvalue weighted by Crippen LogP contribution is 2.38. The smallest absolute Gasteiger partial charge is 0.219 e. The summed E-state index contributed by atoms with van der Waals surface area (Å²) in [6.45, 7) is 0. The first-order valence-electron chi connectivity index (χ1n) is 2.66. The summed E-state index contributed by atoms with van der Waals surface area (Å²) in [6.07, 6.45) is 0.309. The van der Waals surface area contributed by atoms with Gasteiger partial charge in [0, 0.05) is 0 Å². The lowest BCUT2D eigenvalue weighted by Crippen LogP contribution is -2.26. The van der Waals surface area contributed by atoms with Gasteiger partial charge in [-0.1, -0.05) is 0 Å². The molecule has 0 bridgehead atoms. The van der Waals surface area contributed by atoms with Crippen molar-refractivity contribution in [3.63, 3.8) is 0 Å². The van der Waals surface area contributed by atoms with E-state index in [1.165, 1.54) is 0 Å². The molecule has 0 aromatic rings. The summed E-state index contributed by atoms with van der Waals surface area (Å²) in [6, 6.07) is 0. The molecule has 0 saturated heterocycles. The van der Waals surface area contributed by atoms with E-state index in [1.54, 1.807) is 0 Å². The molecule has 0 N–H and O–H groups in total. The van der Waals surface area contributed by atoms with Gasteiger partial charge in [0.2, 0.25) is 0 Å². The first kappa shape index (κ1) is 7.84. The fraction of sp³-hybridized carbons (Fsp3) is 1.00. The highest BCUT2D eigenvalue weighted by molar-refractivity contribution is 7.93. The SMILES string of the molecule is O=S(=O)(C1CC1)C(F)(F)F. The molecular weight excluding hydrogens is 169 g/mol. The number of alkyl halides is 3. The molecule has 2 nitrogen and oxygen atoms in total. The van der Waals surface area contributed by atoms with Crippen LogP contribution in [0.4, 0.5) is 13.2 Å². The summed E-state index contributed by atoms with van der Waals surface area (Å²) < 4.78 is 55.2. The Morgan fingerprint density at radius 2 is 1.60 bits per heavy atom. The molecule has 10 heavy (non-hydrogen) atoms. The molecule has 0 atom stereocenters. The van der Waals surface area contributed by atoms with Gasteiger partial charge < -0.3 is 0 Å². The lowest BCUT2D eigenvalue weighted by Gasteiger charge is -2.04. The summed E-state index contributed by atoms with van der Waals surface area (Å²) in [5.41, 5.74) is -5.05. The first-order valence-corrected chi connectivity index (χ1v) is 4.20. The Morgan fingerprint density at radius 1 is 1.20 bits per heavy atom. The van der Waals surface area contributed by atoms with Gasteiger partial charge in [-0.2, -0.15) is 13.2 Å². The number of rotatable bonds is 1. The maximum atomic E-state index is 11.5. The lowest BCUT2D eigenvalue weighted by atomic mass is 11.0. The number of halogens is 3. The van der Waals surface area contributed by atoms with Gasteiger partial charge in [0.05, 0.1) is 5.25 Å². The third kappa shape index (κ3) is 1.12. The zero-order valence-corrected chi connectivity index (χ0v) is 5.67. The van der Waals surface area contributed by atoms with E-state index in [4.69, 9.17) is 0 Å². The van der Waals surface area contributed by atoms with Crippen molar-refractivity contribution in [3.8, 4) is 0 Å². The summed E-state index contributed by atoms with van der Waals surface area (Å²) >= 11 is 0. The summed E-state index contributed by atoms with van der Waals surface area (Å²) in [4.78, 5) is 0. The van der Waals surface area contributed by atoms with Crippen LogP contribution in [0.25, 0.3) is 0 Å². The monoisotopic (exact) mass is 174 g/mol. The van der Waals surface area contributed by atoms with E-state index in [0.717, 1.165) is 0 Å². The van der Waals surface area contributed by atoms with Crippen LogP contribution in [0.2, 0.25) is 0 Å². The number of sulfone groups is 1. The van der Waals surface area contributed by atoms with Crippen LogP contribution >= 0.6 is 0 Å². The summed E-state index contributed by atoms with van der Waals surface area (Å²) in [5, 5.41) is -1.15. The molecule has 0 unspecified atom stereocenters. The van der Waals surface area contributed by atoms with Gasteiger partial charge in [-0.15, -0.1) is 0 Å². The van der Waals surface area contributed by atoms with Crippen LogP contribution in [-0.4, -0.2) is 19.2 Å². The highest BCUT2D eigenvalue weighted by Gasteiger charge is 2.54. The van der Waals surface area contributed by atoms with Crippen molar-refractivity contribution in [1.29, 1.82) is 0 Å². The van der Waals surface area contributed by atoms with Gasteiger partial charge in [0.25, 0.3) is 9.84 Å². The van der Waals surface area contributed by atoms with E-state index in [1.807, 2.05) is 0 Å². The molecule has 60 valence electrons. The number of hydrogen-bond donors (Lipinski definition) is 0. The van der Waals surface area contributed by atoms with Crippen molar-refractivity contribution in [2.75, 3.05) is 0 Å². The molecule has 1 saturated carbocycles. The molecule has 0 aromatic heterocycles. The van der Waals surface area contributed by atoms with E-state index in [2.05, 4.69) is 0 Å².